The Kier molecular flexibility index (Phi) is 5.99. The molecule has 1 aliphatic rings. The molecule has 0 aliphatic carbocycles. The van der Waals surface area contributed by atoms with E-state index in [-0.39, 0.29) is 11.6 Å². The van der Waals surface area contributed by atoms with E-state index in [1.165, 1.54) is 12.1 Å². The first-order valence-electron chi connectivity index (χ1n) is 10.2. The summed E-state index contributed by atoms with van der Waals surface area (Å²) in [5, 5.41) is 2.47. The molecule has 0 radical (unpaired) electrons. The molecule has 2 amide bonds. The van der Waals surface area contributed by atoms with Gasteiger partial charge in [-0.25, -0.2) is 0 Å². The van der Waals surface area contributed by atoms with Gasteiger partial charge in [-0.15, -0.1) is 0 Å². The maximum absolute atomic E-state index is 13.1. The lowest BCUT2D eigenvalue weighted by molar-refractivity contribution is -0.137. The summed E-state index contributed by atoms with van der Waals surface area (Å²) < 4.78 is 38.8. The molecule has 3 aromatic rings. The molecular formula is C25H21F3N2O2. The van der Waals surface area contributed by atoms with Gasteiger partial charge in [-0.3, -0.25) is 9.59 Å². The van der Waals surface area contributed by atoms with Crippen LogP contribution in [0.3, 0.4) is 0 Å². The molecule has 1 heterocycles. The Bertz CT molecular complexity index is 1130. The Hall–Kier alpha value is -3.61. The zero-order valence-electron chi connectivity index (χ0n) is 17.1. The molecule has 1 atom stereocenters. The average Bonchev–Trinajstić information content (AvgIpc) is 3.16. The van der Waals surface area contributed by atoms with E-state index in [0.717, 1.165) is 28.9 Å². The quantitative estimate of drug-likeness (QED) is 0.551. The summed E-state index contributed by atoms with van der Waals surface area (Å²) >= 11 is 0. The van der Waals surface area contributed by atoms with Gasteiger partial charge in [-0.05, 0) is 48.2 Å². The summed E-state index contributed by atoms with van der Waals surface area (Å²) in [6.07, 6.45) is -3.58. The molecule has 1 N–H and O–H groups in total. The maximum atomic E-state index is 13.1. The Morgan fingerprint density at radius 3 is 2.44 bits per heavy atom. The van der Waals surface area contributed by atoms with Crippen LogP contribution in [0.25, 0.3) is 0 Å². The van der Waals surface area contributed by atoms with Crippen molar-refractivity contribution in [2.45, 2.75) is 19.0 Å². The minimum atomic E-state index is -4.51. The third kappa shape index (κ3) is 4.66. The number of carbonyl (C=O) groups is 2. The van der Waals surface area contributed by atoms with Gasteiger partial charge in [0.2, 0.25) is 11.8 Å². The van der Waals surface area contributed by atoms with Crippen LogP contribution in [0.1, 0.15) is 23.1 Å². The predicted molar refractivity (Wildman–Crippen MR) is 116 cm³/mol. The van der Waals surface area contributed by atoms with E-state index in [1.54, 1.807) is 4.90 Å². The lowest BCUT2D eigenvalue weighted by atomic mass is 10.0. The first-order chi connectivity index (χ1) is 15.3. The highest BCUT2D eigenvalue weighted by Crippen LogP contribution is 2.32. The lowest BCUT2D eigenvalue weighted by Crippen LogP contribution is -2.33. The van der Waals surface area contributed by atoms with E-state index in [2.05, 4.69) is 5.32 Å². The number of amides is 2. The fourth-order valence-corrected chi connectivity index (χ4v) is 3.90. The highest BCUT2D eigenvalue weighted by Gasteiger charge is 2.38. The number of hydrogen-bond donors (Lipinski definition) is 1. The van der Waals surface area contributed by atoms with Crippen molar-refractivity contribution >= 4 is 23.2 Å². The summed E-state index contributed by atoms with van der Waals surface area (Å²) in [4.78, 5) is 27.3. The van der Waals surface area contributed by atoms with Crippen LogP contribution in [0.2, 0.25) is 0 Å². The zero-order chi connectivity index (χ0) is 22.7. The van der Waals surface area contributed by atoms with Gasteiger partial charge in [0.25, 0.3) is 0 Å². The topological polar surface area (TPSA) is 49.4 Å². The summed E-state index contributed by atoms with van der Waals surface area (Å²) in [6, 6.07) is 21.8. The van der Waals surface area contributed by atoms with Crippen LogP contribution in [-0.4, -0.2) is 18.4 Å². The first-order valence-corrected chi connectivity index (χ1v) is 10.2. The second-order valence-electron chi connectivity index (χ2n) is 7.69. The molecule has 0 spiro atoms. The van der Waals surface area contributed by atoms with Crippen LogP contribution < -0.4 is 10.2 Å². The maximum Gasteiger partial charge on any atom is 0.416 e. The number of nitrogens with zero attached hydrogens (tertiary/aromatic N) is 1. The molecule has 4 nitrogen and oxygen atoms in total. The van der Waals surface area contributed by atoms with Crippen LogP contribution in [0.5, 0.6) is 0 Å². The van der Waals surface area contributed by atoms with Crippen molar-refractivity contribution in [3.8, 4) is 0 Å². The minimum Gasteiger partial charge on any atom is -0.325 e. The molecular weight excluding hydrogens is 417 g/mol. The van der Waals surface area contributed by atoms with Crippen molar-refractivity contribution in [2.75, 3.05) is 16.8 Å². The van der Waals surface area contributed by atoms with Crippen LogP contribution in [-0.2, 0) is 22.2 Å². The number of para-hydroxylation sites is 1. The predicted octanol–water partition coefficient (Wildman–Crippen LogP) is 5.29. The standard InChI is InChI=1S/C25H21F3N2O2/c26-25(27,28)19-10-6-11-20(16-19)29-23(31)21-13-14-30(24(21)32)22-12-5-4-9-18(22)15-17-7-2-1-3-8-17/h1-12,16,21H,13-15H2,(H,29,31)/t21-/m0/s1. The summed E-state index contributed by atoms with van der Waals surface area (Å²) in [5.41, 5.74) is 1.97. The number of anilines is 2. The molecule has 0 aromatic heterocycles. The van der Waals surface area contributed by atoms with Crippen molar-refractivity contribution in [1.82, 2.24) is 0 Å². The van der Waals surface area contributed by atoms with Gasteiger partial charge >= 0.3 is 6.18 Å². The molecule has 1 saturated heterocycles. The van der Waals surface area contributed by atoms with Crippen LogP contribution in [0.15, 0.2) is 78.9 Å². The average molecular weight is 438 g/mol. The number of alkyl halides is 3. The molecule has 3 aromatic carbocycles. The number of rotatable bonds is 5. The van der Waals surface area contributed by atoms with Gasteiger partial charge in [0.15, 0.2) is 0 Å². The van der Waals surface area contributed by atoms with Crippen molar-refractivity contribution in [3.05, 3.63) is 95.6 Å². The summed E-state index contributed by atoms with van der Waals surface area (Å²) in [6.45, 7) is 0.366. The van der Waals surface area contributed by atoms with E-state index in [9.17, 15) is 22.8 Å². The summed E-state index contributed by atoms with van der Waals surface area (Å²) in [7, 11) is 0. The van der Waals surface area contributed by atoms with Gasteiger partial charge < -0.3 is 10.2 Å². The molecule has 1 aliphatic heterocycles. The van der Waals surface area contributed by atoms with Crippen LogP contribution in [0, 0.1) is 5.92 Å². The zero-order valence-corrected chi connectivity index (χ0v) is 17.1. The van der Waals surface area contributed by atoms with Crippen molar-refractivity contribution < 1.29 is 22.8 Å². The molecule has 0 saturated carbocycles. The number of carbonyl (C=O) groups excluding carboxylic acids is 2. The normalized spacial score (nSPS) is 16.3. The Balaban J connectivity index is 1.50. The summed E-state index contributed by atoms with van der Waals surface area (Å²) in [5.74, 6) is -1.90. The van der Waals surface area contributed by atoms with Crippen molar-refractivity contribution in [3.63, 3.8) is 0 Å². The van der Waals surface area contributed by atoms with Crippen molar-refractivity contribution in [1.29, 1.82) is 0 Å². The van der Waals surface area contributed by atoms with Gasteiger partial charge in [-0.1, -0.05) is 54.6 Å². The third-order valence-electron chi connectivity index (χ3n) is 5.50. The molecule has 164 valence electrons. The number of hydrogen-bond acceptors (Lipinski definition) is 2. The minimum absolute atomic E-state index is 0.0144. The highest BCUT2D eigenvalue weighted by atomic mass is 19.4. The second kappa shape index (κ2) is 8.86. The van der Waals surface area contributed by atoms with E-state index >= 15 is 0 Å². The second-order valence-corrected chi connectivity index (χ2v) is 7.69. The highest BCUT2D eigenvalue weighted by molar-refractivity contribution is 6.13. The number of halogens is 3. The largest absolute Gasteiger partial charge is 0.416 e. The monoisotopic (exact) mass is 438 g/mol. The van der Waals surface area contributed by atoms with Gasteiger partial charge in [0.1, 0.15) is 5.92 Å². The number of benzene rings is 3. The van der Waals surface area contributed by atoms with Gasteiger partial charge in [0, 0.05) is 17.9 Å². The fourth-order valence-electron chi connectivity index (χ4n) is 3.90. The first kappa shape index (κ1) is 21.6. The van der Waals surface area contributed by atoms with E-state index in [4.69, 9.17) is 0 Å². The van der Waals surface area contributed by atoms with E-state index in [0.29, 0.717) is 19.4 Å². The molecule has 7 heteroatoms. The SMILES string of the molecule is O=C(Nc1cccc(C(F)(F)F)c1)[C@@H]1CCN(c2ccccc2Cc2ccccc2)C1=O. The van der Waals surface area contributed by atoms with E-state index in [1.807, 2.05) is 54.6 Å². The Morgan fingerprint density at radius 2 is 1.69 bits per heavy atom. The fraction of sp³-hybridized carbons (Fsp3) is 0.200. The Morgan fingerprint density at radius 1 is 0.969 bits per heavy atom. The van der Waals surface area contributed by atoms with E-state index < -0.39 is 23.6 Å². The number of nitrogens with one attached hydrogen (secondary N) is 1. The van der Waals surface area contributed by atoms with Gasteiger partial charge in [-0.2, -0.15) is 13.2 Å². The molecule has 0 unspecified atom stereocenters. The van der Waals surface area contributed by atoms with Crippen molar-refractivity contribution in [2.24, 2.45) is 5.92 Å². The Labute approximate surface area is 183 Å². The van der Waals surface area contributed by atoms with Crippen LogP contribution >= 0.6 is 0 Å². The molecule has 32 heavy (non-hydrogen) atoms. The molecule has 4 rings (SSSR count). The third-order valence-corrected chi connectivity index (χ3v) is 5.50. The smallest absolute Gasteiger partial charge is 0.325 e. The van der Waals surface area contributed by atoms with Crippen LogP contribution in [0.4, 0.5) is 24.5 Å². The van der Waals surface area contributed by atoms with Gasteiger partial charge in [0.05, 0.1) is 5.56 Å². The lowest BCUT2D eigenvalue weighted by Gasteiger charge is -2.20. The molecule has 0 bridgehead atoms. The molecule has 1 fully saturated rings.